The first-order valence-corrected chi connectivity index (χ1v) is 18.3. The van der Waals surface area contributed by atoms with E-state index in [2.05, 4.69) is 195 Å². The summed E-state index contributed by atoms with van der Waals surface area (Å²) in [6, 6.07) is 66.0. The molecule has 0 atom stereocenters. The number of benzene rings is 9. The number of nitrogens with zero attached hydrogens (tertiary/aromatic N) is 1. The standard InChI is InChI=1S/C51H35N/c1-32-28-33(2)30-37(29-32)52(35-14-4-3-5-15-35)36-25-27-38-34(31-36)24-26-45-48-43-20-8-6-16-39(43)40-17-7-9-21-44(40)50(48)51(49(38)45)46-22-12-10-18-41(46)42-19-11-13-23-47(42)51/h3-31H,1-2H3. The summed E-state index contributed by atoms with van der Waals surface area (Å²) in [5.74, 6) is 0. The van der Waals surface area contributed by atoms with Gasteiger partial charge in [-0.2, -0.15) is 0 Å². The molecule has 9 aromatic carbocycles. The number of aryl methyl sites for hydroxylation is 2. The highest BCUT2D eigenvalue weighted by Gasteiger charge is 2.53. The molecule has 11 rings (SSSR count). The maximum atomic E-state index is 2.42. The fourth-order valence-corrected chi connectivity index (χ4v) is 9.88. The zero-order valence-electron chi connectivity index (χ0n) is 29.2. The summed E-state index contributed by atoms with van der Waals surface area (Å²) >= 11 is 0. The monoisotopic (exact) mass is 661 g/mol. The molecule has 0 fully saturated rings. The average Bonchev–Trinajstić information content (AvgIpc) is 3.66. The van der Waals surface area contributed by atoms with Crippen molar-refractivity contribution in [1.82, 2.24) is 0 Å². The van der Waals surface area contributed by atoms with E-state index in [4.69, 9.17) is 0 Å². The van der Waals surface area contributed by atoms with Gasteiger partial charge in [0.2, 0.25) is 0 Å². The minimum Gasteiger partial charge on any atom is -0.310 e. The lowest BCUT2D eigenvalue weighted by Crippen LogP contribution is -2.26. The van der Waals surface area contributed by atoms with Crippen LogP contribution < -0.4 is 4.90 Å². The van der Waals surface area contributed by atoms with E-state index in [9.17, 15) is 0 Å². The Balaban J connectivity index is 1.28. The van der Waals surface area contributed by atoms with Gasteiger partial charge >= 0.3 is 0 Å². The van der Waals surface area contributed by atoms with Gasteiger partial charge in [0.05, 0.1) is 5.41 Å². The van der Waals surface area contributed by atoms with E-state index in [-0.39, 0.29) is 0 Å². The summed E-state index contributed by atoms with van der Waals surface area (Å²) in [6.07, 6.45) is 0. The molecule has 0 saturated carbocycles. The number of rotatable bonds is 3. The molecule has 0 radical (unpaired) electrons. The van der Waals surface area contributed by atoms with Gasteiger partial charge in [0.15, 0.2) is 0 Å². The van der Waals surface area contributed by atoms with Gasteiger partial charge in [0.25, 0.3) is 0 Å². The van der Waals surface area contributed by atoms with E-state index in [1.165, 1.54) is 93.6 Å². The highest BCUT2D eigenvalue weighted by Crippen LogP contribution is 2.66. The molecule has 1 nitrogen and oxygen atoms in total. The smallest absolute Gasteiger partial charge is 0.0737 e. The van der Waals surface area contributed by atoms with Gasteiger partial charge in [-0.05, 0) is 138 Å². The lowest BCUT2D eigenvalue weighted by atomic mass is 9.68. The van der Waals surface area contributed by atoms with Crippen LogP contribution in [-0.2, 0) is 5.41 Å². The third kappa shape index (κ3) is 3.83. The van der Waals surface area contributed by atoms with Crippen molar-refractivity contribution < 1.29 is 0 Å². The lowest BCUT2D eigenvalue weighted by molar-refractivity contribution is 0.809. The maximum absolute atomic E-state index is 2.42. The Morgan fingerprint density at radius 1 is 0.365 bits per heavy atom. The lowest BCUT2D eigenvalue weighted by Gasteiger charge is -2.33. The average molecular weight is 662 g/mol. The van der Waals surface area contributed by atoms with Crippen LogP contribution in [-0.4, -0.2) is 0 Å². The van der Waals surface area contributed by atoms with Crippen LogP contribution in [0.4, 0.5) is 17.1 Å². The number of anilines is 3. The van der Waals surface area contributed by atoms with Gasteiger partial charge < -0.3 is 4.90 Å². The minimum atomic E-state index is -0.477. The first-order chi connectivity index (χ1) is 25.6. The fourth-order valence-electron chi connectivity index (χ4n) is 9.88. The first-order valence-electron chi connectivity index (χ1n) is 18.3. The van der Waals surface area contributed by atoms with Crippen LogP contribution in [0.2, 0.25) is 0 Å². The highest BCUT2D eigenvalue weighted by molar-refractivity contribution is 6.21. The Morgan fingerprint density at radius 2 is 0.942 bits per heavy atom. The molecule has 0 aromatic heterocycles. The van der Waals surface area contributed by atoms with E-state index in [1.807, 2.05) is 0 Å². The molecule has 0 bridgehead atoms. The molecule has 0 N–H and O–H groups in total. The first kappa shape index (κ1) is 29.3. The van der Waals surface area contributed by atoms with Crippen LogP contribution in [0.5, 0.6) is 0 Å². The Labute approximate surface area is 304 Å². The largest absolute Gasteiger partial charge is 0.310 e. The Kier molecular flexibility index (Phi) is 6.08. The Morgan fingerprint density at radius 3 is 1.63 bits per heavy atom. The van der Waals surface area contributed by atoms with Crippen molar-refractivity contribution in [3.05, 3.63) is 209 Å². The number of para-hydroxylation sites is 1. The van der Waals surface area contributed by atoms with Crippen molar-refractivity contribution in [2.75, 3.05) is 4.90 Å². The van der Waals surface area contributed by atoms with Crippen molar-refractivity contribution in [3.63, 3.8) is 0 Å². The third-order valence-electron chi connectivity index (χ3n) is 11.6. The van der Waals surface area contributed by atoms with E-state index in [0.29, 0.717) is 0 Å². The summed E-state index contributed by atoms with van der Waals surface area (Å²) in [5.41, 5.74) is 16.4. The molecule has 1 heteroatoms. The van der Waals surface area contributed by atoms with Crippen molar-refractivity contribution in [1.29, 1.82) is 0 Å². The molecule has 0 aliphatic heterocycles. The molecular weight excluding hydrogens is 627 g/mol. The van der Waals surface area contributed by atoms with E-state index < -0.39 is 5.41 Å². The van der Waals surface area contributed by atoms with Crippen LogP contribution >= 0.6 is 0 Å². The van der Waals surface area contributed by atoms with E-state index >= 15 is 0 Å². The number of fused-ring (bicyclic) bond motifs is 17. The van der Waals surface area contributed by atoms with E-state index in [1.54, 1.807) is 0 Å². The summed E-state index contributed by atoms with van der Waals surface area (Å²) in [5, 5.41) is 7.80. The molecule has 0 unspecified atom stereocenters. The Hall–Kier alpha value is -6.44. The second-order valence-corrected chi connectivity index (χ2v) is 14.6. The van der Waals surface area contributed by atoms with Crippen molar-refractivity contribution >= 4 is 49.4 Å². The molecule has 0 amide bonds. The molecule has 2 aliphatic rings. The van der Waals surface area contributed by atoms with Gasteiger partial charge in [-0.1, -0.05) is 140 Å². The van der Waals surface area contributed by atoms with Crippen molar-refractivity contribution in [2.45, 2.75) is 19.3 Å². The summed E-state index contributed by atoms with van der Waals surface area (Å²) in [7, 11) is 0. The van der Waals surface area contributed by atoms with Crippen LogP contribution in [0, 0.1) is 13.8 Å². The number of hydrogen-bond acceptors (Lipinski definition) is 1. The molecule has 244 valence electrons. The predicted molar refractivity (Wildman–Crippen MR) is 219 cm³/mol. The number of hydrogen-bond donors (Lipinski definition) is 0. The molecule has 2 aliphatic carbocycles. The van der Waals surface area contributed by atoms with Crippen LogP contribution in [0.25, 0.3) is 54.6 Å². The summed E-state index contributed by atoms with van der Waals surface area (Å²) in [6.45, 7) is 4.37. The summed E-state index contributed by atoms with van der Waals surface area (Å²) < 4.78 is 0. The van der Waals surface area contributed by atoms with Crippen molar-refractivity contribution in [3.8, 4) is 22.3 Å². The fraction of sp³-hybridized carbons (Fsp3) is 0.0588. The Bertz CT molecular complexity index is 2870. The van der Waals surface area contributed by atoms with Crippen LogP contribution in [0.15, 0.2) is 176 Å². The second kappa shape index (κ2) is 10.8. The van der Waals surface area contributed by atoms with Crippen LogP contribution in [0.3, 0.4) is 0 Å². The van der Waals surface area contributed by atoms with Gasteiger partial charge in [-0.25, -0.2) is 0 Å². The van der Waals surface area contributed by atoms with E-state index in [0.717, 1.165) is 11.4 Å². The third-order valence-corrected chi connectivity index (χ3v) is 11.6. The quantitative estimate of drug-likeness (QED) is 0.170. The molecule has 1 spiro atoms. The predicted octanol–water partition coefficient (Wildman–Crippen LogP) is 13.6. The van der Waals surface area contributed by atoms with Gasteiger partial charge in [0.1, 0.15) is 0 Å². The molecule has 52 heavy (non-hydrogen) atoms. The summed E-state index contributed by atoms with van der Waals surface area (Å²) in [4.78, 5) is 2.40. The normalized spacial score (nSPS) is 13.3. The van der Waals surface area contributed by atoms with Gasteiger partial charge in [0, 0.05) is 17.1 Å². The van der Waals surface area contributed by atoms with Crippen LogP contribution in [0.1, 0.15) is 33.4 Å². The molecular formula is C51H35N. The SMILES string of the molecule is Cc1cc(C)cc(N(c2ccccc2)c2ccc3c4c(ccc3c2)-c2c(c3ccccc3c3ccccc23)C42c3ccccc3-c3ccccc32)c1. The van der Waals surface area contributed by atoms with Gasteiger partial charge in [-0.3, -0.25) is 0 Å². The molecule has 0 saturated heterocycles. The van der Waals surface area contributed by atoms with Gasteiger partial charge in [-0.15, -0.1) is 0 Å². The zero-order valence-corrected chi connectivity index (χ0v) is 29.2. The molecule has 0 heterocycles. The van der Waals surface area contributed by atoms with Crippen molar-refractivity contribution in [2.24, 2.45) is 0 Å². The highest BCUT2D eigenvalue weighted by atomic mass is 15.1. The molecule has 9 aromatic rings. The maximum Gasteiger partial charge on any atom is 0.0737 e. The minimum absolute atomic E-state index is 0.477. The second-order valence-electron chi connectivity index (χ2n) is 14.6. The zero-order chi connectivity index (χ0) is 34.6. The topological polar surface area (TPSA) is 3.24 Å².